The molecule has 0 saturated carbocycles. The summed E-state index contributed by atoms with van der Waals surface area (Å²) in [5, 5.41) is 18.7. The third-order valence-electron chi connectivity index (χ3n) is 2.25. The molecule has 2 atom stereocenters. The molecule has 0 aliphatic rings. The lowest BCUT2D eigenvalue weighted by Gasteiger charge is -2.42. The molecular formula is C7H17NO5S. The molecule has 0 aromatic rings. The number of aliphatic hydroxyl groups is 2. The molecule has 0 spiro atoms. The highest BCUT2D eigenvalue weighted by molar-refractivity contribution is 7.80. The highest BCUT2D eigenvalue weighted by Gasteiger charge is 2.43. The van der Waals surface area contributed by atoms with Gasteiger partial charge in [-0.3, -0.25) is 0 Å². The molecule has 0 aromatic carbocycles. The minimum atomic E-state index is -4.80. The number of rotatable bonds is 5. The molecule has 6 nitrogen and oxygen atoms in total. The third kappa shape index (κ3) is 2.23. The van der Waals surface area contributed by atoms with Crippen molar-refractivity contribution in [1.82, 2.24) is 0 Å². The lowest BCUT2D eigenvalue weighted by atomic mass is 10.3. The molecule has 2 N–H and O–H groups in total. The molecule has 0 aromatic heterocycles. The van der Waals surface area contributed by atoms with Crippen LogP contribution in [0.4, 0.5) is 0 Å². The summed E-state index contributed by atoms with van der Waals surface area (Å²) in [6.07, 6.45) is -2.52. The number of quaternary nitrogens is 1. The zero-order valence-corrected chi connectivity index (χ0v) is 9.36. The van der Waals surface area contributed by atoms with Crippen LogP contribution < -0.4 is 0 Å². The Morgan fingerprint density at radius 3 is 1.71 bits per heavy atom. The Kier molecular flexibility index (Phi) is 4.47. The standard InChI is InChI=1S/C7H17NO5S/c1-4-5-8(6(2)9,7(3)10)14(11,12)13/h6-7,9-10H,4-5H2,1-3H3. The van der Waals surface area contributed by atoms with Gasteiger partial charge in [0.05, 0.1) is 6.54 Å². The molecule has 0 aliphatic carbocycles. The third-order valence-corrected chi connectivity index (χ3v) is 3.88. The predicted molar refractivity (Wildman–Crippen MR) is 48.5 cm³/mol. The van der Waals surface area contributed by atoms with E-state index in [0.717, 1.165) is 0 Å². The second-order valence-corrected chi connectivity index (χ2v) is 4.80. The number of hydrogen-bond acceptors (Lipinski definition) is 5. The maximum atomic E-state index is 11.0. The average Bonchev–Trinajstić information content (AvgIpc) is 1.95. The molecule has 0 bridgehead atoms. The average molecular weight is 227 g/mol. The van der Waals surface area contributed by atoms with Gasteiger partial charge in [0.25, 0.3) is 10.3 Å². The van der Waals surface area contributed by atoms with Gasteiger partial charge in [0.15, 0.2) is 0 Å². The Morgan fingerprint density at radius 2 is 1.64 bits per heavy atom. The van der Waals surface area contributed by atoms with E-state index in [1.54, 1.807) is 6.92 Å². The Balaban J connectivity index is 5.40. The molecule has 2 unspecified atom stereocenters. The highest BCUT2D eigenvalue weighted by Crippen LogP contribution is 2.22. The number of hydrogen-bond donors (Lipinski definition) is 2. The Bertz CT molecular complexity index is 264. The maximum absolute atomic E-state index is 11.0. The van der Waals surface area contributed by atoms with Crippen molar-refractivity contribution in [2.75, 3.05) is 6.54 Å². The summed E-state index contributed by atoms with van der Waals surface area (Å²) in [5.41, 5.74) is 0. The zero-order valence-electron chi connectivity index (χ0n) is 8.54. The first kappa shape index (κ1) is 13.8. The smallest absolute Gasteiger partial charge is 0.258 e. The van der Waals surface area contributed by atoms with Crippen LogP contribution in [0.1, 0.15) is 27.2 Å². The Labute approximate surface area is 84.3 Å². The summed E-state index contributed by atoms with van der Waals surface area (Å²) < 4.78 is 31.8. The van der Waals surface area contributed by atoms with Crippen LogP contribution in [0.3, 0.4) is 0 Å². The van der Waals surface area contributed by atoms with Crippen molar-refractivity contribution >= 4 is 10.3 Å². The zero-order chi connectivity index (χ0) is 11.6. The van der Waals surface area contributed by atoms with Gasteiger partial charge in [-0.15, -0.1) is 0 Å². The van der Waals surface area contributed by atoms with Crippen LogP contribution >= 0.6 is 0 Å². The summed E-state index contributed by atoms with van der Waals surface area (Å²) in [6, 6.07) is 0. The van der Waals surface area contributed by atoms with E-state index in [1.807, 2.05) is 0 Å². The lowest BCUT2D eigenvalue weighted by Crippen LogP contribution is -2.63. The van der Waals surface area contributed by atoms with E-state index in [2.05, 4.69) is 0 Å². The second-order valence-electron chi connectivity index (χ2n) is 3.27. The molecule has 7 heteroatoms. The Hall–Kier alpha value is -0.210. The van der Waals surface area contributed by atoms with Crippen molar-refractivity contribution in [2.24, 2.45) is 0 Å². The molecule has 14 heavy (non-hydrogen) atoms. The van der Waals surface area contributed by atoms with Crippen molar-refractivity contribution in [3.63, 3.8) is 0 Å². The summed E-state index contributed by atoms with van der Waals surface area (Å²) in [7, 11) is -4.80. The second kappa shape index (κ2) is 4.54. The molecule has 0 rings (SSSR count). The maximum Gasteiger partial charge on any atom is 0.258 e. The van der Waals surface area contributed by atoms with Crippen molar-refractivity contribution in [1.29, 1.82) is 0 Å². The van der Waals surface area contributed by atoms with E-state index in [-0.39, 0.29) is 6.54 Å². The van der Waals surface area contributed by atoms with Gasteiger partial charge < -0.3 is 14.8 Å². The van der Waals surface area contributed by atoms with Crippen molar-refractivity contribution in [3.05, 3.63) is 0 Å². The van der Waals surface area contributed by atoms with Crippen molar-refractivity contribution in [2.45, 2.75) is 39.6 Å². The van der Waals surface area contributed by atoms with E-state index in [0.29, 0.717) is 6.42 Å². The Morgan fingerprint density at radius 1 is 1.29 bits per heavy atom. The van der Waals surface area contributed by atoms with Crippen LogP contribution in [0.2, 0.25) is 0 Å². The normalized spacial score (nSPS) is 21.3. The highest BCUT2D eigenvalue weighted by atomic mass is 32.2. The number of aliphatic hydroxyl groups excluding tert-OH is 2. The topological polar surface area (TPSA) is 97.7 Å². The molecule has 0 aliphatic heterocycles. The minimum Gasteiger partial charge on any atom is -0.701 e. The first-order chi connectivity index (χ1) is 6.20. The minimum absolute atomic E-state index is 0.110. The van der Waals surface area contributed by atoms with Crippen molar-refractivity contribution in [3.8, 4) is 0 Å². The van der Waals surface area contributed by atoms with Gasteiger partial charge in [0.1, 0.15) is 0 Å². The van der Waals surface area contributed by atoms with Crippen LogP contribution in [0.15, 0.2) is 0 Å². The van der Waals surface area contributed by atoms with Gasteiger partial charge >= 0.3 is 0 Å². The summed E-state index contributed by atoms with van der Waals surface area (Å²) in [5.74, 6) is 0. The van der Waals surface area contributed by atoms with Crippen LogP contribution in [0.25, 0.3) is 0 Å². The van der Waals surface area contributed by atoms with Gasteiger partial charge in [-0.2, -0.15) is 12.3 Å². The molecule has 0 saturated heterocycles. The van der Waals surface area contributed by atoms with E-state index >= 15 is 0 Å². The SMILES string of the molecule is CCC[N+](C(C)O)(C(C)O)S(=O)(=O)[O-]. The van der Waals surface area contributed by atoms with Gasteiger partial charge in [0, 0.05) is 13.8 Å². The van der Waals surface area contributed by atoms with E-state index in [4.69, 9.17) is 0 Å². The van der Waals surface area contributed by atoms with Crippen LogP contribution in [0, 0.1) is 0 Å². The van der Waals surface area contributed by atoms with Crippen LogP contribution in [-0.4, -0.2) is 46.1 Å². The molecule has 86 valence electrons. The van der Waals surface area contributed by atoms with E-state index in [1.165, 1.54) is 13.8 Å². The van der Waals surface area contributed by atoms with Crippen LogP contribution in [-0.2, 0) is 10.3 Å². The molecule has 0 radical (unpaired) electrons. The summed E-state index contributed by atoms with van der Waals surface area (Å²) in [4.78, 5) is 0. The molecular weight excluding hydrogens is 210 g/mol. The lowest BCUT2D eigenvalue weighted by molar-refractivity contribution is -0.903. The first-order valence-corrected chi connectivity index (χ1v) is 5.76. The van der Waals surface area contributed by atoms with Gasteiger partial charge in [-0.1, -0.05) is 6.92 Å². The van der Waals surface area contributed by atoms with Gasteiger partial charge in [-0.05, 0) is 6.42 Å². The van der Waals surface area contributed by atoms with Crippen molar-refractivity contribution < 1.29 is 27.1 Å². The largest absolute Gasteiger partial charge is 0.701 e. The molecule has 0 heterocycles. The first-order valence-electron chi connectivity index (χ1n) is 4.39. The monoisotopic (exact) mass is 227 g/mol. The van der Waals surface area contributed by atoms with E-state index < -0.39 is 26.6 Å². The van der Waals surface area contributed by atoms with Gasteiger partial charge in [-0.25, -0.2) is 0 Å². The van der Waals surface area contributed by atoms with Crippen LogP contribution in [0.5, 0.6) is 0 Å². The quantitative estimate of drug-likeness (QED) is 0.369. The predicted octanol–water partition coefficient (Wildman–Crippen LogP) is -0.650. The fourth-order valence-electron chi connectivity index (χ4n) is 1.52. The van der Waals surface area contributed by atoms with Gasteiger partial charge in [0.2, 0.25) is 12.5 Å². The molecule has 0 amide bonds. The fraction of sp³-hybridized carbons (Fsp3) is 1.00. The molecule has 0 fully saturated rings. The summed E-state index contributed by atoms with van der Waals surface area (Å²) >= 11 is 0. The number of nitrogens with zero attached hydrogens (tertiary/aromatic N) is 1. The fourth-order valence-corrected chi connectivity index (χ4v) is 2.67. The van der Waals surface area contributed by atoms with E-state index in [9.17, 15) is 23.2 Å². The summed E-state index contributed by atoms with van der Waals surface area (Å²) in [6.45, 7) is 3.92.